The Morgan fingerprint density at radius 3 is 2.84 bits per heavy atom. The second-order valence-corrected chi connectivity index (χ2v) is 5.69. The van der Waals surface area contributed by atoms with E-state index in [2.05, 4.69) is 14.9 Å². The molecule has 0 aliphatic rings. The van der Waals surface area contributed by atoms with Crippen molar-refractivity contribution >= 4 is 16.2 Å². The molecule has 0 aliphatic carbocycles. The summed E-state index contributed by atoms with van der Waals surface area (Å²) in [6.45, 7) is 2.44. The fourth-order valence-corrected chi connectivity index (χ4v) is 2.18. The third-order valence-electron chi connectivity index (χ3n) is 2.50. The number of rotatable bonds is 8. The number of hydrogen-bond acceptors (Lipinski definition) is 5. The molecule has 108 valence electrons. The van der Waals surface area contributed by atoms with E-state index in [0.717, 1.165) is 4.31 Å². The highest BCUT2D eigenvalue weighted by Crippen LogP contribution is 1.99. The largest absolute Gasteiger partial charge is 0.481 e. The van der Waals surface area contributed by atoms with Gasteiger partial charge >= 0.3 is 5.97 Å². The number of aromatic nitrogens is 3. The quantitative estimate of drug-likeness (QED) is 0.637. The van der Waals surface area contributed by atoms with Gasteiger partial charge in [0.15, 0.2) is 0 Å². The van der Waals surface area contributed by atoms with Gasteiger partial charge in [0.2, 0.25) is 0 Å². The molecule has 2 N–H and O–H groups in total. The zero-order valence-electron chi connectivity index (χ0n) is 10.8. The summed E-state index contributed by atoms with van der Waals surface area (Å²) in [5.41, 5.74) is 0. The molecule has 0 saturated carbocycles. The standard InChI is InChI=1S/C9H17N5O4S/c1-3-14-7-10-12-8(14)6-11-19(17,18)13(2)5-4-9(15)16/h7,11H,3-6H2,1-2H3,(H,15,16). The van der Waals surface area contributed by atoms with E-state index >= 15 is 0 Å². The van der Waals surface area contributed by atoms with Crippen LogP contribution < -0.4 is 4.72 Å². The molecule has 1 rings (SSSR count). The van der Waals surface area contributed by atoms with Gasteiger partial charge in [-0.05, 0) is 6.92 Å². The number of nitrogens with one attached hydrogen (secondary N) is 1. The van der Waals surface area contributed by atoms with Crippen LogP contribution in [0.5, 0.6) is 0 Å². The molecule has 0 radical (unpaired) electrons. The first-order valence-corrected chi connectivity index (χ1v) is 7.10. The zero-order chi connectivity index (χ0) is 14.5. The van der Waals surface area contributed by atoms with Gasteiger partial charge in [-0.25, -0.2) is 0 Å². The Bertz CT molecular complexity index is 526. The Hall–Kier alpha value is -1.52. The van der Waals surface area contributed by atoms with Crippen LogP contribution in [0.2, 0.25) is 0 Å². The van der Waals surface area contributed by atoms with Crippen LogP contribution in [-0.4, -0.2) is 52.2 Å². The number of carbonyl (C=O) groups is 1. The summed E-state index contributed by atoms with van der Waals surface area (Å²) in [7, 11) is -2.40. The summed E-state index contributed by atoms with van der Waals surface area (Å²) < 4.78 is 28.6. The Morgan fingerprint density at radius 1 is 1.58 bits per heavy atom. The highest BCUT2D eigenvalue weighted by molar-refractivity contribution is 7.87. The first-order valence-electron chi connectivity index (χ1n) is 5.66. The van der Waals surface area contributed by atoms with E-state index in [-0.39, 0.29) is 19.5 Å². The van der Waals surface area contributed by atoms with Gasteiger partial charge in [0.05, 0.1) is 13.0 Å². The minimum atomic E-state index is -3.72. The van der Waals surface area contributed by atoms with Gasteiger partial charge in [-0.15, -0.1) is 10.2 Å². The lowest BCUT2D eigenvalue weighted by atomic mass is 10.4. The van der Waals surface area contributed by atoms with Gasteiger partial charge in [-0.3, -0.25) is 4.79 Å². The molecule has 0 aromatic carbocycles. The Balaban J connectivity index is 2.57. The molecule has 9 nitrogen and oxygen atoms in total. The highest BCUT2D eigenvalue weighted by atomic mass is 32.2. The number of hydrogen-bond donors (Lipinski definition) is 2. The van der Waals surface area contributed by atoms with Gasteiger partial charge in [0, 0.05) is 20.1 Å². The van der Waals surface area contributed by atoms with Crippen LogP contribution in [0.4, 0.5) is 0 Å². The van der Waals surface area contributed by atoms with Gasteiger partial charge in [0.1, 0.15) is 12.2 Å². The van der Waals surface area contributed by atoms with Crippen molar-refractivity contribution in [1.82, 2.24) is 23.8 Å². The molecule has 1 aromatic rings. The van der Waals surface area contributed by atoms with E-state index < -0.39 is 16.2 Å². The van der Waals surface area contributed by atoms with E-state index in [1.807, 2.05) is 6.92 Å². The number of aryl methyl sites for hydroxylation is 1. The van der Waals surface area contributed by atoms with Crippen LogP contribution in [0.25, 0.3) is 0 Å². The predicted molar refractivity (Wildman–Crippen MR) is 66.3 cm³/mol. The average Bonchev–Trinajstić information content (AvgIpc) is 2.80. The maximum Gasteiger partial charge on any atom is 0.304 e. The van der Waals surface area contributed by atoms with Crippen LogP contribution in [0.3, 0.4) is 0 Å². The lowest BCUT2D eigenvalue weighted by molar-refractivity contribution is -0.137. The van der Waals surface area contributed by atoms with Crippen molar-refractivity contribution in [3.8, 4) is 0 Å². The van der Waals surface area contributed by atoms with E-state index in [4.69, 9.17) is 5.11 Å². The Kier molecular flexibility index (Phi) is 5.39. The molecule has 0 saturated heterocycles. The third kappa shape index (κ3) is 4.58. The van der Waals surface area contributed by atoms with Crippen molar-refractivity contribution in [3.63, 3.8) is 0 Å². The lowest BCUT2D eigenvalue weighted by Gasteiger charge is -2.16. The third-order valence-corrected chi connectivity index (χ3v) is 4.01. The fourth-order valence-electron chi connectivity index (χ4n) is 1.32. The summed E-state index contributed by atoms with van der Waals surface area (Å²) in [6.07, 6.45) is 1.26. The van der Waals surface area contributed by atoms with Crippen LogP contribution in [0, 0.1) is 0 Å². The molecular weight excluding hydrogens is 274 g/mol. The van der Waals surface area contributed by atoms with Crippen LogP contribution in [-0.2, 0) is 28.1 Å². The van der Waals surface area contributed by atoms with Crippen LogP contribution >= 0.6 is 0 Å². The predicted octanol–water partition coefficient (Wildman–Crippen LogP) is -0.961. The van der Waals surface area contributed by atoms with E-state index in [1.165, 1.54) is 13.4 Å². The average molecular weight is 291 g/mol. The SMILES string of the molecule is CCn1cnnc1CNS(=O)(=O)N(C)CCC(=O)O. The summed E-state index contributed by atoms with van der Waals surface area (Å²) in [4.78, 5) is 10.4. The molecule has 0 amide bonds. The molecule has 0 unspecified atom stereocenters. The van der Waals surface area contributed by atoms with Gasteiger partial charge < -0.3 is 9.67 Å². The van der Waals surface area contributed by atoms with E-state index in [0.29, 0.717) is 12.4 Å². The molecule has 0 spiro atoms. The van der Waals surface area contributed by atoms with Gasteiger partial charge in [-0.2, -0.15) is 17.4 Å². The van der Waals surface area contributed by atoms with Gasteiger partial charge in [-0.1, -0.05) is 0 Å². The first kappa shape index (κ1) is 15.5. The van der Waals surface area contributed by atoms with E-state index in [1.54, 1.807) is 4.57 Å². The summed E-state index contributed by atoms with van der Waals surface area (Å²) in [5, 5.41) is 16.0. The molecule has 0 fully saturated rings. The number of aliphatic carboxylic acids is 1. The van der Waals surface area contributed by atoms with Gasteiger partial charge in [0.25, 0.3) is 10.2 Å². The molecule has 0 aliphatic heterocycles. The maximum absolute atomic E-state index is 11.8. The fraction of sp³-hybridized carbons (Fsp3) is 0.667. The smallest absolute Gasteiger partial charge is 0.304 e. The van der Waals surface area contributed by atoms with Crippen molar-refractivity contribution in [3.05, 3.63) is 12.2 Å². The highest BCUT2D eigenvalue weighted by Gasteiger charge is 2.18. The monoisotopic (exact) mass is 291 g/mol. The molecule has 0 atom stereocenters. The normalized spacial score (nSPS) is 11.9. The zero-order valence-corrected chi connectivity index (χ0v) is 11.6. The molecule has 19 heavy (non-hydrogen) atoms. The minimum absolute atomic E-state index is 0.00752. The van der Waals surface area contributed by atoms with E-state index in [9.17, 15) is 13.2 Å². The lowest BCUT2D eigenvalue weighted by Crippen LogP contribution is -2.39. The Morgan fingerprint density at radius 2 is 2.26 bits per heavy atom. The number of carboxylic acid groups (broad SMARTS) is 1. The molecule has 10 heteroatoms. The summed E-state index contributed by atoms with van der Waals surface area (Å²) >= 11 is 0. The second kappa shape index (κ2) is 6.59. The summed E-state index contributed by atoms with van der Waals surface area (Å²) in [5.74, 6) is -0.550. The first-order chi connectivity index (χ1) is 8.86. The molecular formula is C9H17N5O4S. The maximum atomic E-state index is 11.8. The van der Waals surface area contributed by atoms with Crippen LogP contribution in [0.1, 0.15) is 19.2 Å². The summed E-state index contributed by atoms with van der Waals surface area (Å²) in [6, 6.07) is 0. The van der Waals surface area contributed by atoms with Crippen molar-refractivity contribution in [1.29, 1.82) is 0 Å². The topological polar surface area (TPSA) is 117 Å². The van der Waals surface area contributed by atoms with Crippen molar-refractivity contribution in [2.75, 3.05) is 13.6 Å². The van der Waals surface area contributed by atoms with Crippen molar-refractivity contribution < 1.29 is 18.3 Å². The van der Waals surface area contributed by atoms with Crippen molar-refractivity contribution in [2.24, 2.45) is 0 Å². The minimum Gasteiger partial charge on any atom is -0.481 e. The Labute approximate surface area is 111 Å². The molecule has 1 heterocycles. The number of nitrogens with zero attached hydrogens (tertiary/aromatic N) is 4. The second-order valence-electron chi connectivity index (χ2n) is 3.82. The molecule has 1 aromatic heterocycles. The number of carboxylic acids is 1. The molecule has 0 bridgehead atoms. The van der Waals surface area contributed by atoms with Crippen LogP contribution in [0.15, 0.2) is 6.33 Å². The van der Waals surface area contributed by atoms with Crippen molar-refractivity contribution in [2.45, 2.75) is 26.4 Å².